The summed E-state index contributed by atoms with van der Waals surface area (Å²) < 4.78 is 5.07. The van der Waals surface area contributed by atoms with Crippen LogP contribution in [0.1, 0.15) is 21.5 Å². The van der Waals surface area contributed by atoms with Crippen molar-refractivity contribution >= 4 is 17.5 Å². The maximum atomic E-state index is 12.0. The van der Waals surface area contributed by atoms with E-state index >= 15 is 0 Å². The molecule has 2 rings (SSSR count). The number of hydrogen-bond acceptors (Lipinski definition) is 3. The fourth-order valence-electron chi connectivity index (χ4n) is 1.83. The highest BCUT2D eigenvalue weighted by Crippen LogP contribution is 2.24. The molecule has 0 heterocycles. The number of nitrogens with zero attached hydrogens (tertiary/aromatic N) is 1. The fraction of sp³-hybridized carbons (Fsp3) is 0.125. The number of rotatable bonds is 4. The molecule has 2 aromatic carbocycles. The first-order valence-corrected chi connectivity index (χ1v) is 6.62. The van der Waals surface area contributed by atoms with E-state index < -0.39 is 0 Å². The molecule has 0 atom stereocenters. The van der Waals surface area contributed by atoms with Gasteiger partial charge in [-0.1, -0.05) is 23.7 Å². The van der Waals surface area contributed by atoms with E-state index in [2.05, 4.69) is 5.32 Å². The summed E-state index contributed by atoms with van der Waals surface area (Å²) in [6.07, 6.45) is 0. The molecule has 5 heteroatoms. The lowest BCUT2D eigenvalue weighted by Crippen LogP contribution is -2.22. The summed E-state index contributed by atoms with van der Waals surface area (Å²) in [6.45, 7) is 0.347. The number of amides is 1. The molecule has 2 aromatic rings. The van der Waals surface area contributed by atoms with Crippen LogP contribution >= 0.6 is 11.6 Å². The summed E-state index contributed by atoms with van der Waals surface area (Å²) in [5.41, 5.74) is 1.77. The van der Waals surface area contributed by atoms with E-state index in [1.807, 2.05) is 12.1 Å². The van der Waals surface area contributed by atoms with Gasteiger partial charge >= 0.3 is 0 Å². The van der Waals surface area contributed by atoms with Crippen molar-refractivity contribution in [1.82, 2.24) is 5.32 Å². The topological polar surface area (TPSA) is 62.1 Å². The molecule has 0 spiro atoms. The van der Waals surface area contributed by atoms with Crippen molar-refractivity contribution in [3.8, 4) is 11.8 Å². The van der Waals surface area contributed by atoms with Crippen LogP contribution in [0.25, 0.3) is 0 Å². The number of methoxy groups -OCH3 is 1. The van der Waals surface area contributed by atoms with Gasteiger partial charge in [0.25, 0.3) is 5.91 Å². The molecule has 106 valence electrons. The van der Waals surface area contributed by atoms with Crippen LogP contribution in [0.4, 0.5) is 0 Å². The second-order valence-corrected chi connectivity index (χ2v) is 4.75. The summed E-state index contributed by atoms with van der Waals surface area (Å²) in [4.78, 5) is 12.0. The van der Waals surface area contributed by atoms with E-state index in [0.29, 0.717) is 28.4 Å². The van der Waals surface area contributed by atoms with Crippen molar-refractivity contribution in [2.45, 2.75) is 6.54 Å². The number of benzene rings is 2. The Morgan fingerprint density at radius 3 is 2.81 bits per heavy atom. The van der Waals surface area contributed by atoms with Gasteiger partial charge in [-0.15, -0.1) is 0 Å². The van der Waals surface area contributed by atoms with Crippen molar-refractivity contribution in [2.75, 3.05) is 7.11 Å². The summed E-state index contributed by atoms with van der Waals surface area (Å²) in [5.74, 6) is 0.354. The molecule has 0 unspecified atom stereocenters. The number of nitrogens with one attached hydrogen (secondary N) is 1. The minimum atomic E-state index is -0.237. The van der Waals surface area contributed by atoms with Crippen molar-refractivity contribution in [3.05, 3.63) is 64.2 Å². The van der Waals surface area contributed by atoms with Gasteiger partial charge in [0.1, 0.15) is 5.75 Å². The summed E-state index contributed by atoms with van der Waals surface area (Å²) >= 11 is 6.03. The molecule has 4 nitrogen and oxygen atoms in total. The quantitative estimate of drug-likeness (QED) is 0.943. The Hall–Kier alpha value is -2.51. The standard InChI is InChI=1S/C16H13ClN2O2/c1-21-15-6-5-12(8-14(15)17)10-19-16(20)13-4-2-3-11(7-13)9-18/h2-8H,10H2,1H3,(H,19,20). The van der Waals surface area contributed by atoms with Crippen LogP contribution in [0.15, 0.2) is 42.5 Å². The maximum Gasteiger partial charge on any atom is 0.251 e. The first-order valence-electron chi connectivity index (χ1n) is 6.25. The lowest BCUT2D eigenvalue weighted by atomic mass is 10.1. The predicted molar refractivity (Wildman–Crippen MR) is 80.3 cm³/mol. The summed E-state index contributed by atoms with van der Waals surface area (Å²) in [5, 5.41) is 12.1. The second-order valence-electron chi connectivity index (χ2n) is 4.34. The highest BCUT2D eigenvalue weighted by Gasteiger charge is 2.07. The van der Waals surface area contributed by atoms with Gasteiger partial charge in [-0.2, -0.15) is 5.26 Å². The molecule has 0 aliphatic carbocycles. The Morgan fingerprint density at radius 2 is 2.14 bits per heavy atom. The Kier molecular flexibility index (Phi) is 4.81. The molecule has 0 bridgehead atoms. The van der Waals surface area contributed by atoms with Crippen LogP contribution < -0.4 is 10.1 Å². The van der Waals surface area contributed by atoms with Gasteiger partial charge in [-0.05, 0) is 35.9 Å². The average Bonchev–Trinajstić information content (AvgIpc) is 2.52. The average molecular weight is 301 g/mol. The number of hydrogen-bond donors (Lipinski definition) is 1. The highest BCUT2D eigenvalue weighted by molar-refractivity contribution is 6.32. The molecule has 0 fully saturated rings. The molecule has 0 radical (unpaired) electrons. The zero-order valence-electron chi connectivity index (χ0n) is 11.4. The van der Waals surface area contributed by atoms with Gasteiger partial charge in [0.2, 0.25) is 0 Å². The monoisotopic (exact) mass is 300 g/mol. The van der Waals surface area contributed by atoms with Crippen LogP contribution in [0, 0.1) is 11.3 Å². The smallest absolute Gasteiger partial charge is 0.251 e. The van der Waals surface area contributed by atoms with E-state index in [1.165, 1.54) is 0 Å². The third-order valence-electron chi connectivity index (χ3n) is 2.92. The van der Waals surface area contributed by atoms with Gasteiger partial charge in [-0.25, -0.2) is 0 Å². The van der Waals surface area contributed by atoms with Gasteiger partial charge < -0.3 is 10.1 Å². The van der Waals surface area contributed by atoms with Crippen molar-refractivity contribution in [1.29, 1.82) is 5.26 Å². The molecule has 0 aromatic heterocycles. The summed E-state index contributed by atoms with van der Waals surface area (Å²) in [6, 6.07) is 13.9. The molecule has 1 amide bonds. The number of halogens is 1. The minimum Gasteiger partial charge on any atom is -0.495 e. The number of carbonyl (C=O) groups excluding carboxylic acids is 1. The molecule has 21 heavy (non-hydrogen) atoms. The predicted octanol–water partition coefficient (Wildman–Crippen LogP) is 3.15. The number of ether oxygens (including phenoxy) is 1. The number of nitriles is 1. The van der Waals surface area contributed by atoms with Crippen molar-refractivity contribution in [3.63, 3.8) is 0 Å². The van der Waals surface area contributed by atoms with E-state index in [-0.39, 0.29) is 5.91 Å². The lowest BCUT2D eigenvalue weighted by Gasteiger charge is -2.08. The van der Waals surface area contributed by atoms with Crippen LogP contribution in [-0.2, 0) is 6.54 Å². The van der Waals surface area contributed by atoms with E-state index in [4.69, 9.17) is 21.6 Å². The molecule has 0 aliphatic heterocycles. The van der Waals surface area contributed by atoms with Crippen LogP contribution in [0.2, 0.25) is 5.02 Å². The van der Waals surface area contributed by atoms with Gasteiger partial charge in [0.05, 0.1) is 23.8 Å². The molecular formula is C16H13ClN2O2. The molecule has 0 saturated carbocycles. The first-order chi connectivity index (χ1) is 10.1. The molecule has 0 aliphatic rings. The van der Waals surface area contributed by atoms with Crippen LogP contribution in [0.5, 0.6) is 5.75 Å². The second kappa shape index (κ2) is 6.78. The highest BCUT2D eigenvalue weighted by atomic mass is 35.5. The third kappa shape index (κ3) is 3.74. The normalized spacial score (nSPS) is 9.76. The van der Waals surface area contributed by atoms with Crippen LogP contribution in [-0.4, -0.2) is 13.0 Å². The molecule has 1 N–H and O–H groups in total. The minimum absolute atomic E-state index is 0.237. The largest absolute Gasteiger partial charge is 0.495 e. The van der Waals surface area contributed by atoms with Crippen molar-refractivity contribution in [2.24, 2.45) is 0 Å². The first kappa shape index (κ1) is 14.9. The van der Waals surface area contributed by atoms with Gasteiger partial charge in [0.15, 0.2) is 0 Å². The molecule has 0 saturated heterocycles. The van der Waals surface area contributed by atoms with Crippen molar-refractivity contribution < 1.29 is 9.53 Å². The third-order valence-corrected chi connectivity index (χ3v) is 3.22. The Balaban J connectivity index is 2.04. The molecular weight excluding hydrogens is 288 g/mol. The number of carbonyl (C=O) groups is 1. The zero-order valence-corrected chi connectivity index (χ0v) is 12.1. The van der Waals surface area contributed by atoms with Crippen LogP contribution in [0.3, 0.4) is 0 Å². The van der Waals surface area contributed by atoms with E-state index in [9.17, 15) is 4.79 Å². The van der Waals surface area contributed by atoms with E-state index in [0.717, 1.165) is 5.56 Å². The lowest BCUT2D eigenvalue weighted by molar-refractivity contribution is 0.0951. The fourth-order valence-corrected chi connectivity index (χ4v) is 2.11. The summed E-state index contributed by atoms with van der Waals surface area (Å²) in [7, 11) is 1.55. The maximum absolute atomic E-state index is 12.0. The Morgan fingerprint density at radius 1 is 1.33 bits per heavy atom. The Labute approximate surface area is 127 Å². The zero-order chi connectivity index (χ0) is 15.2. The van der Waals surface area contributed by atoms with Gasteiger partial charge in [-0.3, -0.25) is 4.79 Å². The van der Waals surface area contributed by atoms with Gasteiger partial charge in [0, 0.05) is 12.1 Å². The van der Waals surface area contributed by atoms with E-state index in [1.54, 1.807) is 43.5 Å². The Bertz CT molecular complexity index is 708. The SMILES string of the molecule is COc1ccc(CNC(=O)c2cccc(C#N)c2)cc1Cl.